The number of benzene rings is 3. The summed E-state index contributed by atoms with van der Waals surface area (Å²) < 4.78 is 88.9. The lowest BCUT2D eigenvalue weighted by Crippen LogP contribution is -2.48. The van der Waals surface area contributed by atoms with Gasteiger partial charge in [0.15, 0.2) is 0 Å². The van der Waals surface area contributed by atoms with Gasteiger partial charge in [0.25, 0.3) is 0 Å². The molecule has 139 heavy (non-hydrogen) atoms. The predicted octanol–water partition coefficient (Wildman–Crippen LogP) is 15.1. The van der Waals surface area contributed by atoms with E-state index in [4.69, 9.17) is 71.1 Å². The van der Waals surface area contributed by atoms with Crippen molar-refractivity contribution >= 4 is 59.7 Å². The summed E-state index contributed by atoms with van der Waals surface area (Å²) in [5, 5.41) is 0. The Morgan fingerprint density at radius 3 is 0.799 bits per heavy atom. The molecule has 6 rings (SSSR count). The van der Waals surface area contributed by atoms with Gasteiger partial charge in [0.05, 0.1) is 135 Å². The maximum Gasteiger partial charge on any atom is 0.317 e. The first kappa shape index (κ1) is 136. The summed E-state index contributed by atoms with van der Waals surface area (Å²) in [6.07, 6.45) is 30.0. The minimum Gasteiger partial charge on any atom is -0.465 e. The number of quaternary nitrogens is 3. The maximum absolute atomic E-state index is 12.6. The number of imidazole rings is 2. The van der Waals surface area contributed by atoms with E-state index in [9.17, 15) is 47.9 Å². The van der Waals surface area contributed by atoms with Gasteiger partial charge >= 0.3 is 59.7 Å². The fourth-order valence-corrected chi connectivity index (χ4v) is 14.2. The molecular formula is C107H183N7O25. The smallest absolute Gasteiger partial charge is 0.317 e. The van der Waals surface area contributed by atoms with Crippen LogP contribution in [0.2, 0.25) is 0 Å². The molecule has 1 saturated carbocycles. The van der Waals surface area contributed by atoms with Crippen LogP contribution >= 0.6 is 0 Å². The molecule has 32 nitrogen and oxygen atoms in total. The van der Waals surface area contributed by atoms with Crippen LogP contribution in [0.1, 0.15) is 213 Å². The highest BCUT2D eigenvalue weighted by atomic mass is 16.6. The minimum atomic E-state index is -1.04. The topological polar surface area (TPSA) is 327 Å². The quantitative estimate of drug-likeness (QED) is 0.00871. The Labute approximate surface area is 836 Å². The average molecular weight is 1970 g/mol. The van der Waals surface area contributed by atoms with Crippen molar-refractivity contribution in [2.75, 3.05) is 184 Å². The molecule has 1 aliphatic rings. The summed E-state index contributed by atoms with van der Waals surface area (Å²) in [6, 6.07) is 24.9. The molecule has 1 aliphatic carbocycles. The van der Waals surface area contributed by atoms with Crippen molar-refractivity contribution in [2.24, 2.45) is 27.1 Å². The minimum absolute atomic E-state index is 0. The molecule has 0 bridgehead atoms. The van der Waals surface area contributed by atoms with Crippen LogP contribution in [0, 0.1) is 64.2 Å². The van der Waals surface area contributed by atoms with Crippen LogP contribution < -0.4 is 9.13 Å². The first-order chi connectivity index (χ1) is 63.1. The number of aromatic nitrogens is 4. The van der Waals surface area contributed by atoms with Crippen LogP contribution in [-0.4, -0.2) is 273 Å². The van der Waals surface area contributed by atoms with E-state index in [0.717, 1.165) is 125 Å². The molecule has 2 heterocycles. The monoisotopic (exact) mass is 1970 g/mol. The van der Waals surface area contributed by atoms with Gasteiger partial charge in [0.1, 0.15) is 124 Å². The van der Waals surface area contributed by atoms with E-state index in [1.54, 1.807) is 34.6 Å². The first-order valence-corrected chi connectivity index (χ1v) is 46.8. The number of hydrogen-bond donors (Lipinski definition) is 0. The van der Waals surface area contributed by atoms with Crippen molar-refractivity contribution in [3.63, 3.8) is 0 Å². The molecule has 5 aromatic rings. The van der Waals surface area contributed by atoms with Crippen LogP contribution in [0.15, 0.2) is 110 Å². The van der Waals surface area contributed by atoms with Crippen molar-refractivity contribution < 1.29 is 142 Å². The molecule has 0 amide bonds. The van der Waals surface area contributed by atoms with E-state index < -0.39 is 74.8 Å². The van der Waals surface area contributed by atoms with Crippen molar-refractivity contribution in [1.29, 1.82) is 0 Å². The van der Waals surface area contributed by atoms with Gasteiger partial charge in [-0.15, -0.1) is 0 Å². The normalized spacial score (nSPS) is 13.8. The van der Waals surface area contributed by atoms with Crippen LogP contribution in [0.5, 0.6) is 0 Å². The average Bonchev–Trinajstić information content (AvgIpc) is 1.33. The molecule has 3 aromatic carbocycles. The second-order valence-corrected chi connectivity index (χ2v) is 38.9. The standard InChI is InChI=1S/C24H38NO5.2C21H29N2O5.C19H38NO5.C17H34NO5.5CH3/c1-19(26)30-18-24(2,17-28-5)23(27)29-16-21-13-11-20(12-14-21)15-25(3,4)22-9-7-6-8-10-22;2*1-5-22-10-11-23(16-22)12-18-6-8-19(9-7-18)13-27-20(25)21(3,14-26-4)15-28-17(2)24;1-17(21)25-16-19(2,15-23-6)18(22)24-14-12-10-8-7-9-11-13-20(3,4)5;1-15(19)23-14-17(2,13-21-6)16(20)22-12-10-8-7-9-11-18(3,4)5;;;;;/h11-14,22H,6-10,15-18H2,1-5H3;2*6-11,16H,5,12-15H2,1-4H3;7-16H2,1-6H3;7-14H2,1-6H3;5*1H3/q5*+1;5*-1. The highest BCUT2D eigenvalue weighted by Gasteiger charge is 2.42. The third-order valence-corrected chi connectivity index (χ3v) is 22.4. The van der Waals surface area contributed by atoms with Gasteiger partial charge in [-0.25, -0.2) is 18.3 Å². The lowest BCUT2D eigenvalue weighted by Gasteiger charge is -2.40. The Kier molecular flexibility index (Phi) is 69.3. The lowest BCUT2D eigenvalue weighted by molar-refractivity contribution is -0.929. The molecule has 0 aliphatic heterocycles. The summed E-state index contributed by atoms with van der Waals surface area (Å²) in [5.74, 6) is -4.29. The molecule has 0 spiro atoms. The number of carbonyl (C=O) groups excluding carboxylic acids is 10. The van der Waals surface area contributed by atoms with Gasteiger partial charge in [-0.2, -0.15) is 0 Å². The molecule has 0 radical (unpaired) electrons. The van der Waals surface area contributed by atoms with Gasteiger partial charge < -0.3 is 122 Å². The number of methoxy groups -OCH3 is 5. The van der Waals surface area contributed by atoms with E-state index in [-0.39, 0.29) is 135 Å². The molecule has 5 atom stereocenters. The largest absolute Gasteiger partial charge is 0.465 e. The number of ether oxygens (including phenoxy) is 15. The van der Waals surface area contributed by atoms with E-state index in [2.05, 4.69) is 113 Å². The SMILES string of the molecule is CCn1cc[n+](Cc2ccc(COC(=O)C(C)(COC)COC(C)=O)cc2)c1.CCn1cc[n+](Cc2ccc(COC(=O)C(C)(COC)COC(C)=O)cc2)c1.COCC(C)(COC(C)=O)C(=O)OCCCCCCCC[N+](C)(C)C.COCC(C)(COC(C)=O)C(=O)OCCCCCC[N+](C)(C)C.COCC(C)(COC(C)=O)C(=O)OCc1ccc(C[N+](C)(C)C2CCCCC2)cc1.[CH3-].[CH3-].[CH3-].[CH3-].[CH3-]. The summed E-state index contributed by atoms with van der Waals surface area (Å²) in [4.78, 5) is 117. The molecule has 0 N–H and O–H groups in total. The Morgan fingerprint density at radius 1 is 0.324 bits per heavy atom. The predicted molar refractivity (Wildman–Crippen MR) is 539 cm³/mol. The maximum atomic E-state index is 12.6. The summed E-state index contributed by atoms with van der Waals surface area (Å²) >= 11 is 0. The van der Waals surface area contributed by atoms with Gasteiger partial charge in [-0.3, -0.25) is 47.9 Å². The zero-order valence-corrected chi connectivity index (χ0v) is 91.0. The summed E-state index contributed by atoms with van der Waals surface area (Å²) in [7, 11) is 25.3. The van der Waals surface area contributed by atoms with Gasteiger partial charge in [-0.05, 0) is 147 Å². The second kappa shape index (κ2) is 71.0. The number of esters is 10. The highest BCUT2D eigenvalue weighted by Crippen LogP contribution is 2.30. The van der Waals surface area contributed by atoms with Gasteiger partial charge in [0, 0.05) is 75.7 Å². The van der Waals surface area contributed by atoms with Crippen molar-refractivity contribution in [3.05, 3.63) is 181 Å². The molecule has 2 aromatic heterocycles. The number of hydrogen-bond acceptors (Lipinski definition) is 25. The lowest BCUT2D eigenvalue weighted by atomic mass is 9.92. The van der Waals surface area contributed by atoms with Crippen LogP contribution in [0.4, 0.5) is 0 Å². The molecule has 5 unspecified atom stereocenters. The summed E-state index contributed by atoms with van der Waals surface area (Å²) in [5.41, 5.74) is 1.31. The third-order valence-electron chi connectivity index (χ3n) is 22.4. The highest BCUT2D eigenvalue weighted by molar-refractivity contribution is 5.80. The molecular weight excluding hydrogens is 1780 g/mol. The second-order valence-electron chi connectivity index (χ2n) is 38.9. The van der Waals surface area contributed by atoms with E-state index in [1.807, 2.05) is 85.5 Å². The van der Waals surface area contributed by atoms with E-state index in [0.29, 0.717) is 13.2 Å². The van der Waals surface area contributed by atoms with Crippen molar-refractivity contribution in [3.8, 4) is 0 Å². The molecule has 796 valence electrons. The van der Waals surface area contributed by atoms with Crippen molar-refractivity contribution in [2.45, 2.75) is 238 Å². The van der Waals surface area contributed by atoms with Crippen LogP contribution in [-0.2, 0) is 172 Å². The molecule has 32 heteroatoms. The Balaban J connectivity index is -0.000000815. The van der Waals surface area contributed by atoms with Crippen molar-refractivity contribution in [1.82, 2.24) is 9.13 Å². The van der Waals surface area contributed by atoms with E-state index >= 15 is 0 Å². The van der Waals surface area contributed by atoms with Crippen LogP contribution in [0.25, 0.3) is 0 Å². The number of unbranched alkanes of at least 4 members (excludes halogenated alkanes) is 8. The summed E-state index contributed by atoms with van der Waals surface area (Å²) in [6.45, 7) is 27.5. The first-order valence-electron chi connectivity index (χ1n) is 46.8. The Hall–Kier alpha value is -9.54. The number of nitrogens with zero attached hydrogens (tertiary/aromatic N) is 7. The third kappa shape index (κ3) is 57.8. The Bertz CT molecular complexity index is 4100. The fourth-order valence-electron chi connectivity index (χ4n) is 14.2. The molecule has 1 fully saturated rings. The number of carbonyl (C=O) groups is 10. The van der Waals surface area contributed by atoms with Gasteiger partial charge in [0.2, 0.25) is 12.7 Å². The number of aryl methyl sites for hydroxylation is 2. The fraction of sp³-hybridized carbons (Fsp3) is 0.636. The molecule has 0 saturated heterocycles. The Morgan fingerprint density at radius 2 is 0.561 bits per heavy atom. The van der Waals surface area contributed by atoms with Gasteiger partial charge in [-0.1, -0.05) is 98.5 Å². The number of rotatable bonds is 56. The zero-order valence-electron chi connectivity index (χ0n) is 91.0. The van der Waals surface area contributed by atoms with E-state index in [1.165, 1.54) is 140 Å². The van der Waals surface area contributed by atoms with Crippen LogP contribution in [0.3, 0.4) is 0 Å². The zero-order chi connectivity index (χ0) is 101.